The van der Waals surface area contributed by atoms with E-state index in [-0.39, 0.29) is 12.5 Å². The second kappa shape index (κ2) is 9.52. The molecule has 27 heavy (non-hydrogen) atoms. The van der Waals surface area contributed by atoms with Gasteiger partial charge in [-0.1, -0.05) is 65.8 Å². The van der Waals surface area contributed by atoms with Crippen molar-refractivity contribution in [1.29, 1.82) is 0 Å². The first-order valence-electron chi connectivity index (χ1n) is 9.05. The standard InChI is InChI=1S/C21H23N3O3/c25-20(15-22-27-16-18-10-5-2-6-11-18)23-19(21(26)24-12-7-13-24)14-17-8-3-1-4-9-17/h1-6,8-11,15,19H,7,12-14,16H2,(H,23,25)/b22-15+/t19-/m0/s1. The molecule has 0 saturated carbocycles. The number of oxime groups is 1. The number of carbonyl (C=O) groups is 2. The summed E-state index contributed by atoms with van der Waals surface area (Å²) in [5, 5.41) is 6.46. The molecule has 3 rings (SSSR count). The van der Waals surface area contributed by atoms with Crippen molar-refractivity contribution < 1.29 is 14.4 Å². The first-order chi connectivity index (χ1) is 13.2. The summed E-state index contributed by atoms with van der Waals surface area (Å²) in [6.45, 7) is 1.77. The van der Waals surface area contributed by atoms with Gasteiger partial charge in [0, 0.05) is 19.5 Å². The van der Waals surface area contributed by atoms with Crippen LogP contribution in [0.25, 0.3) is 0 Å². The molecule has 6 nitrogen and oxygen atoms in total. The molecule has 2 aromatic rings. The van der Waals surface area contributed by atoms with Crippen LogP contribution < -0.4 is 5.32 Å². The van der Waals surface area contributed by atoms with Crippen molar-refractivity contribution in [3.05, 3.63) is 71.8 Å². The molecule has 0 bridgehead atoms. The van der Waals surface area contributed by atoms with E-state index in [1.54, 1.807) is 4.90 Å². The Morgan fingerprint density at radius 1 is 1.04 bits per heavy atom. The number of likely N-dealkylation sites (tertiary alicyclic amines) is 1. The summed E-state index contributed by atoms with van der Waals surface area (Å²) in [5.74, 6) is -0.505. The fraction of sp³-hybridized carbons (Fsp3) is 0.286. The van der Waals surface area contributed by atoms with Crippen LogP contribution in [0, 0.1) is 0 Å². The number of benzene rings is 2. The van der Waals surface area contributed by atoms with Crippen molar-refractivity contribution in [1.82, 2.24) is 10.2 Å². The van der Waals surface area contributed by atoms with Gasteiger partial charge in [-0.3, -0.25) is 9.59 Å². The Balaban J connectivity index is 1.54. The van der Waals surface area contributed by atoms with E-state index in [1.165, 1.54) is 0 Å². The number of hydrogen-bond donors (Lipinski definition) is 1. The van der Waals surface area contributed by atoms with Gasteiger partial charge in [0.1, 0.15) is 18.9 Å². The number of amides is 2. The fourth-order valence-corrected chi connectivity index (χ4v) is 2.79. The molecule has 0 aromatic heterocycles. The molecule has 140 valence electrons. The molecule has 0 aliphatic carbocycles. The Labute approximate surface area is 158 Å². The van der Waals surface area contributed by atoms with E-state index in [4.69, 9.17) is 4.84 Å². The fourth-order valence-electron chi connectivity index (χ4n) is 2.79. The van der Waals surface area contributed by atoms with E-state index in [0.29, 0.717) is 6.42 Å². The SMILES string of the molecule is O=C(/C=N/OCc1ccccc1)N[C@@H](Cc1ccccc1)C(=O)N1CCC1. The normalized spacial score (nSPS) is 14.4. The summed E-state index contributed by atoms with van der Waals surface area (Å²) in [5.41, 5.74) is 1.96. The van der Waals surface area contributed by atoms with Crippen molar-refractivity contribution >= 4 is 18.0 Å². The van der Waals surface area contributed by atoms with Crippen molar-refractivity contribution in [2.45, 2.75) is 25.5 Å². The van der Waals surface area contributed by atoms with Crippen LogP contribution in [0.1, 0.15) is 17.5 Å². The Bertz CT molecular complexity index is 774. The van der Waals surface area contributed by atoms with E-state index in [1.807, 2.05) is 60.7 Å². The zero-order chi connectivity index (χ0) is 18.9. The highest BCUT2D eigenvalue weighted by Crippen LogP contribution is 2.11. The average molecular weight is 365 g/mol. The first-order valence-corrected chi connectivity index (χ1v) is 9.05. The van der Waals surface area contributed by atoms with Crippen LogP contribution in [0.3, 0.4) is 0 Å². The highest BCUT2D eigenvalue weighted by Gasteiger charge is 2.29. The van der Waals surface area contributed by atoms with Crippen LogP contribution in [0.4, 0.5) is 0 Å². The Morgan fingerprint density at radius 2 is 1.67 bits per heavy atom. The maximum Gasteiger partial charge on any atom is 0.266 e. The van der Waals surface area contributed by atoms with Crippen LogP contribution in [-0.2, 0) is 27.5 Å². The van der Waals surface area contributed by atoms with Crippen LogP contribution in [0.5, 0.6) is 0 Å². The summed E-state index contributed by atoms with van der Waals surface area (Å²) >= 11 is 0. The number of hydrogen-bond acceptors (Lipinski definition) is 4. The van der Waals surface area contributed by atoms with Gasteiger partial charge < -0.3 is 15.1 Å². The molecule has 0 unspecified atom stereocenters. The van der Waals surface area contributed by atoms with Crippen molar-refractivity contribution in [2.75, 3.05) is 13.1 Å². The van der Waals surface area contributed by atoms with Gasteiger partial charge in [0.25, 0.3) is 5.91 Å². The largest absolute Gasteiger partial charge is 0.391 e. The molecule has 1 fully saturated rings. The lowest BCUT2D eigenvalue weighted by molar-refractivity contribution is -0.138. The third-order valence-corrected chi connectivity index (χ3v) is 4.38. The molecule has 1 heterocycles. The van der Waals surface area contributed by atoms with Crippen LogP contribution >= 0.6 is 0 Å². The van der Waals surface area contributed by atoms with Gasteiger partial charge >= 0.3 is 0 Å². The third kappa shape index (κ3) is 5.67. The molecular formula is C21H23N3O3. The van der Waals surface area contributed by atoms with Crippen LogP contribution in [0.2, 0.25) is 0 Å². The molecule has 0 radical (unpaired) electrons. The van der Waals surface area contributed by atoms with Gasteiger partial charge in [-0.25, -0.2) is 0 Å². The van der Waals surface area contributed by atoms with Crippen LogP contribution in [0.15, 0.2) is 65.8 Å². The molecule has 1 aliphatic heterocycles. The van der Waals surface area contributed by atoms with Gasteiger partial charge in [-0.15, -0.1) is 0 Å². The number of nitrogens with one attached hydrogen (secondary N) is 1. The lowest BCUT2D eigenvalue weighted by Gasteiger charge is -2.34. The molecule has 1 saturated heterocycles. The molecule has 6 heteroatoms. The first kappa shape index (κ1) is 18.6. The molecular weight excluding hydrogens is 342 g/mol. The summed E-state index contributed by atoms with van der Waals surface area (Å²) in [4.78, 5) is 31.7. The lowest BCUT2D eigenvalue weighted by Crippen LogP contribution is -2.54. The maximum absolute atomic E-state index is 12.6. The molecule has 1 atom stereocenters. The van der Waals surface area contributed by atoms with Crippen molar-refractivity contribution in [3.63, 3.8) is 0 Å². The monoisotopic (exact) mass is 365 g/mol. The topological polar surface area (TPSA) is 71.0 Å². The van der Waals surface area contributed by atoms with Gasteiger partial charge in [0.2, 0.25) is 5.91 Å². The second-order valence-corrected chi connectivity index (χ2v) is 6.42. The quantitative estimate of drug-likeness (QED) is 0.576. The van der Waals surface area contributed by atoms with E-state index in [9.17, 15) is 9.59 Å². The molecule has 2 amide bonds. The van der Waals surface area contributed by atoms with Crippen LogP contribution in [-0.4, -0.2) is 42.1 Å². The van der Waals surface area contributed by atoms with Crippen molar-refractivity contribution in [2.24, 2.45) is 5.16 Å². The van der Waals surface area contributed by atoms with E-state index < -0.39 is 11.9 Å². The van der Waals surface area contributed by atoms with Gasteiger partial charge in [-0.2, -0.15) is 0 Å². The predicted molar refractivity (Wildman–Crippen MR) is 103 cm³/mol. The zero-order valence-electron chi connectivity index (χ0n) is 15.1. The molecule has 2 aromatic carbocycles. The molecule has 1 aliphatic rings. The molecule has 1 N–H and O–H groups in total. The average Bonchev–Trinajstić information content (AvgIpc) is 2.65. The van der Waals surface area contributed by atoms with Gasteiger partial charge in [0.05, 0.1) is 0 Å². The predicted octanol–water partition coefficient (Wildman–Crippen LogP) is 2.15. The minimum absolute atomic E-state index is 0.0583. The number of carbonyl (C=O) groups excluding carboxylic acids is 2. The Morgan fingerprint density at radius 3 is 2.26 bits per heavy atom. The minimum atomic E-state index is -0.610. The summed E-state index contributed by atoms with van der Waals surface area (Å²) in [6, 6.07) is 18.6. The zero-order valence-corrected chi connectivity index (χ0v) is 15.1. The molecule has 0 spiro atoms. The van der Waals surface area contributed by atoms with E-state index in [0.717, 1.165) is 36.9 Å². The number of rotatable bonds is 8. The minimum Gasteiger partial charge on any atom is -0.391 e. The maximum atomic E-state index is 12.6. The second-order valence-electron chi connectivity index (χ2n) is 6.42. The highest BCUT2D eigenvalue weighted by atomic mass is 16.6. The highest BCUT2D eigenvalue weighted by molar-refractivity contribution is 6.26. The van der Waals surface area contributed by atoms with Crippen molar-refractivity contribution in [3.8, 4) is 0 Å². The Kier molecular flexibility index (Phi) is 6.57. The van der Waals surface area contributed by atoms with E-state index >= 15 is 0 Å². The smallest absolute Gasteiger partial charge is 0.266 e. The number of nitrogens with zero attached hydrogens (tertiary/aromatic N) is 2. The van der Waals surface area contributed by atoms with Gasteiger partial charge in [0.15, 0.2) is 0 Å². The van der Waals surface area contributed by atoms with E-state index in [2.05, 4.69) is 10.5 Å². The Hall–Kier alpha value is -3.15. The lowest BCUT2D eigenvalue weighted by atomic mass is 10.0. The summed E-state index contributed by atoms with van der Waals surface area (Å²) in [7, 11) is 0. The third-order valence-electron chi connectivity index (χ3n) is 4.38. The summed E-state index contributed by atoms with van der Waals surface area (Å²) < 4.78 is 0. The summed E-state index contributed by atoms with van der Waals surface area (Å²) in [6.07, 6.45) is 2.53. The van der Waals surface area contributed by atoms with Gasteiger partial charge in [-0.05, 0) is 17.5 Å².